The number of halogens is 3. The Morgan fingerprint density at radius 1 is 1.17 bits per heavy atom. The molecule has 184 valence electrons. The van der Waals surface area contributed by atoms with Gasteiger partial charge in [-0.1, -0.05) is 17.0 Å². The fourth-order valence-corrected chi connectivity index (χ4v) is 4.22. The molecule has 5 rings (SSSR count). The zero-order valence-electron chi connectivity index (χ0n) is 18.4. The van der Waals surface area contributed by atoms with Gasteiger partial charge in [-0.3, -0.25) is 14.6 Å². The summed E-state index contributed by atoms with van der Waals surface area (Å²) < 4.78 is 47.7. The normalized spacial score (nSPS) is 17.1. The molecule has 9 nitrogen and oxygen atoms in total. The van der Waals surface area contributed by atoms with Crippen LogP contribution < -0.4 is 19.6 Å². The highest BCUT2D eigenvalue weighted by Crippen LogP contribution is 2.41. The van der Waals surface area contributed by atoms with E-state index in [2.05, 4.69) is 20.1 Å². The third kappa shape index (κ3) is 4.28. The summed E-state index contributed by atoms with van der Waals surface area (Å²) in [7, 11) is 0. The highest BCUT2D eigenvalue weighted by molar-refractivity contribution is 5.98. The van der Waals surface area contributed by atoms with Crippen molar-refractivity contribution in [3.8, 4) is 11.5 Å². The van der Waals surface area contributed by atoms with Crippen LogP contribution in [0, 0.1) is 0 Å². The number of benzene rings is 2. The van der Waals surface area contributed by atoms with E-state index in [1.807, 2.05) is 0 Å². The molecule has 4 aromatic rings. The predicted molar refractivity (Wildman–Crippen MR) is 118 cm³/mol. The highest BCUT2D eigenvalue weighted by atomic mass is 19.4. The smallest absolute Gasteiger partial charge is 0.491 e. The minimum Gasteiger partial charge on any atom is -0.491 e. The van der Waals surface area contributed by atoms with Gasteiger partial charge < -0.3 is 19.6 Å². The SMILES string of the molecule is O=COn1ncc2cc(C(=O)NC3(c4ccc(OC(F)(F)F)cc4)CCOc4cccnc43)ccc21. The van der Waals surface area contributed by atoms with Crippen LogP contribution in [0.3, 0.4) is 0 Å². The van der Waals surface area contributed by atoms with E-state index < -0.39 is 17.8 Å². The quantitative estimate of drug-likeness (QED) is 0.407. The van der Waals surface area contributed by atoms with Gasteiger partial charge in [-0.05, 0) is 48.0 Å². The molecule has 2 aromatic heterocycles. The predicted octanol–water partition coefficient (Wildman–Crippen LogP) is 3.37. The van der Waals surface area contributed by atoms with Crippen LogP contribution >= 0.6 is 0 Å². The van der Waals surface area contributed by atoms with Gasteiger partial charge in [0, 0.05) is 23.6 Å². The number of nitrogens with zero attached hydrogens (tertiary/aromatic N) is 3. The lowest BCUT2D eigenvalue weighted by molar-refractivity contribution is -0.274. The molecule has 0 spiro atoms. The second kappa shape index (κ2) is 8.87. The van der Waals surface area contributed by atoms with Gasteiger partial charge in [-0.15, -0.1) is 18.3 Å². The fraction of sp³-hybridized carbons (Fsp3) is 0.167. The van der Waals surface area contributed by atoms with Crippen molar-refractivity contribution < 1.29 is 37.1 Å². The molecule has 0 radical (unpaired) electrons. The third-order valence-corrected chi connectivity index (χ3v) is 5.76. The number of rotatable bonds is 6. The van der Waals surface area contributed by atoms with E-state index in [1.165, 1.54) is 36.5 Å². The molecule has 1 amide bonds. The van der Waals surface area contributed by atoms with Crippen LogP contribution in [0.15, 0.2) is 67.0 Å². The van der Waals surface area contributed by atoms with Gasteiger partial charge in [0.15, 0.2) is 0 Å². The summed E-state index contributed by atoms with van der Waals surface area (Å²) in [5.74, 6) is -0.404. The largest absolute Gasteiger partial charge is 0.573 e. The van der Waals surface area contributed by atoms with Gasteiger partial charge in [0.05, 0.1) is 12.8 Å². The second-order valence-corrected chi connectivity index (χ2v) is 7.87. The molecule has 1 unspecified atom stereocenters. The first kappa shape index (κ1) is 23.1. The molecule has 1 N–H and O–H groups in total. The summed E-state index contributed by atoms with van der Waals surface area (Å²) in [5, 5.41) is 7.52. The van der Waals surface area contributed by atoms with Crippen LogP contribution in [-0.2, 0) is 10.3 Å². The van der Waals surface area contributed by atoms with Gasteiger partial charge in [0.25, 0.3) is 5.91 Å². The van der Waals surface area contributed by atoms with Gasteiger partial charge in [-0.2, -0.15) is 0 Å². The lowest BCUT2D eigenvalue weighted by Crippen LogP contribution is -2.50. The summed E-state index contributed by atoms with van der Waals surface area (Å²) in [6, 6.07) is 13.4. The van der Waals surface area contributed by atoms with Crippen LogP contribution in [0.2, 0.25) is 0 Å². The average molecular weight is 498 g/mol. The number of carbonyl (C=O) groups excluding carboxylic acids is 2. The number of nitrogens with one attached hydrogen (secondary N) is 1. The maximum Gasteiger partial charge on any atom is 0.573 e. The number of ether oxygens (including phenoxy) is 2. The molecule has 12 heteroatoms. The van der Waals surface area contributed by atoms with Crippen molar-refractivity contribution in [3.05, 3.63) is 83.8 Å². The first-order valence-electron chi connectivity index (χ1n) is 10.6. The van der Waals surface area contributed by atoms with Crippen LogP contribution in [0.4, 0.5) is 13.2 Å². The highest BCUT2D eigenvalue weighted by Gasteiger charge is 2.43. The number of fused-ring (bicyclic) bond motifs is 2. The third-order valence-electron chi connectivity index (χ3n) is 5.76. The molecular formula is C24H17F3N4O5. The number of aromatic nitrogens is 3. The summed E-state index contributed by atoms with van der Waals surface area (Å²) in [6.07, 6.45) is -1.57. The molecule has 2 aromatic carbocycles. The Bertz CT molecular complexity index is 1440. The Labute approximate surface area is 201 Å². The molecule has 0 saturated heterocycles. The van der Waals surface area contributed by atoms with Crippen LogP contribution in [0.1, 0.15) is 28.0 Å². The summed E-state index contributed by atoms with van der Waals surface area (Å²) in [6.45, 7) is 0.464. The van der Waals surface area contributed by atoms with Crippen molar-refractivity contribution in [2.75, 3.05) is 6.61 Å². The van der Waals surface area contributed by atoms with Crippen LogP contribution in [0.25, 0.3) is 10.9 Å². The maximum atomic E-state index is 13.5. The average Bonchev–Trinajstić information content (AvgIpc) is 3.26. The molecule has 0 fully saturated rings. The van der Waals surface area contributed by atoms with E-state index in [0.29, 0.717) is 27.9 Å². The molecule has 1 aliphatic heterocycles. The molecule has 0 aliphatic carbocycles. The minimum atomic E-state index is -4.83. The van der Waals surface area contributed by atoms with Crippen molar-refractivity contribution in [3.63, 3.8) is 0 Å². The summed E-state index contributed by atoms with van der Waals surface area (Å²) in [4.78, 5) is 34.3. The van der Waals surface area contributed by atoms with E-state index in [-0.39, 0.29) is 30.8 Å². The van der Waals surface area contributed by atoms with E-state index in [1.54, 1.807) is 30.5 Å². The Hall–Kier alpha value is -4.61. The standard InChI is InChI=1S/C24H17F3N4O5/c25-24(26,27)36-18-6-4-17(5-7-18)23(9-11-34-20-2-1-10-28-21(20)23)30-22(33)15-3-8-19-16(12-15)13-29-31(19)35-14-32/h1-8,10,12-14H,9,11H2,(H,30,33). The maximum absolute atomic E-state index is 13.5. The number of alkyl halides is 3. The molecule has 1 atom stereocenters. The zero-order chi connectivity index (χ0) is 25.3. The van der Waals surface area contributed by atoms with Crippen molar-refractivity contribution >= 4 is 23.3 Å². The minimum absolute atomic E-state index is 0.231. The van der Waals surface area contributed by atoms with Crippen molar-refractivity contribution in [2.24, 2.45) is 0 Å². The Morgan fingerprint density at radius 2 is 1.97 bits per heavy atom. The number of hydrogen-bond donors (Lipinski definition) is 1. The molecular weight excluding hydrogens is 481 g/mol. The number of pyridine rings is 1. The van der Waals surface area contributed by atoms with Crippen LogP contribution in [-0.4, -0.2) is 40.3 Å². The first-order chi connectivity index (χ1) is 17.3. The zero-order valence-corrected chi connectivity index (χ0v) is 18.4. The second-order valence-electron chi connectivity index (χ2n) is 7.87. The van der Waals surface area contributed by atoms with E-state index in [4.69, 9.17) is 9.57 Å². The van der Waals surface area contributed by atoms with E-state index in [9.17, 15) is 22.8 Å². The van der Waals surface area contributed by atoms with Gasteiger partial charge in [0.1, 0.15) is 28.2 Å². The topological polar surface area (TPSA) is 105 Å². The Morgan fingerprint density at radius 3 is 2.72 bits per heavy atom. The summed E-state index contributed by atoms with van der Waals surface area (Å²) >= 11 is 0. The molecule has 1 aliphatic rings. The van der Waals surface area contributed by atoms with E-state index >= 15 is 0 Å². The van der Waals surface area contributed by atoms with E-state index in [0.717, 1.165) is 4.85 Å². The Kier molecular flexibility index (Phi) is 5.71. The monoisotopic (exact) mass is 498 g/mol. The van der Waals surface area contributed by atoms with Crippen molar-refractivity contribution in [1.82, 2.24) is 20.2 Å². The van der Waals surface area contributed by atoms with Crippen molar-refractivity contribution in [2.45, 2.75) is 18.3 Å². The molecule has 0 bridgehead atoms. The van der Waals surface area contributed by atoms with Crippen molar-refractivity contribution in [1.29, 1.82) is 0 Å². The molecule has 36 heavy (non-hydrogen) atoms. The lowest BCUT2D eigenvalue weighted by Gasteiger charge is -2.39. The Balaban J connectivity index is 1.53. The number of hydrogen-bond acceptors (Lipinski definition) is 7. The molecule has 0 saturated carbocycles. The fourth-order valence-electron chi connectivity index (χ4n) is 4.22. The van der Waals surface area contributed by atoms with Gasteiger partial charge in [0.2, 0.25) is 0 Å². The van der Waals surface area contributed by atoms with Gasteiger partial charge in [-0.25, -0.2) is 0 Å². The summed E-state index contributed by atoms with van der Waals surface area (Å²) in [5.41, 5.74) is 0.493. The first-order valence-corrected chi connectivity index (χ1v) is 10.6. The number of carbonyl (C=O) groups is 2. The molecule has 3 heterocycles. The van der Waals surface area contributed by atoms with Gasteiger partial charge >= 0.3 is 12.8 Å². The number of amides is 1. The van der Waals surface area contributed by atoms with Crippen LogP contribution in [0.5, 0.6) is 11.5 Å². The lowest BCUT2D eigenvalue weighted by atomic mass is 9.81.